The van der Waals surface area contributed by atoms with Crippen molar-refractivity contribution in [1.29, 1.82) is 0 Å². The number of hydrogen-bond donors (Lipinski definition) is 2. The van der Waals surface area contributed by atoms with Gasteiger partial charge in [0.25, 0.3) is 17.7 Å². The van der Waals surface area contributed by atoms with Crippen LogP contribution in [0.15, 0.2) is 33.9 Å². The number of nitrogens with zero attached hydrogens (tertiary/aromatic N) is 2. The number of aromatic nitrogens is 1. The molecule has 30 heavy (non-hydrogen) atoms. The van der Waals surface area contributed by atoms with Gasteiger partial charge in [-0.1, -0.05) is 0 Å². The fraction of sp³-hybridized carbons (Fsp3) is 0.389. The summed E-state index contributed by atoms with van der Waals surface area (Å²) in [6, 6.07) is 2.74. The molecule has 162 valence electrons. The zero-order valence-electron chi connectivity index (χ0n) is 15.6. The summed E-state index contributed by atoms with van der Waals surface area (Å²) < 4.78 is 87.8. The largest absolute Gasteiger partial charge is 0.443 e. The van der Waals surface area contributed by atoms with Crippen LogP contribution in [0.3, 0.4) is 0 Å². The van der Waals surface area contributed by atoms with Gasteiger partial charge in [-0.25, -0.2) is 22.5 Å². The maximum atomic E-state index is 14.8. The number of anilines is 1. The number of nitrogens with two attached hydrogens (primary N) is 1. The molecule has 0 spiro atoms. The first-order chi connectivity index (χ1) is 13.8. The lowest BCUT2D eigenvalue weighted by Crippen LogP contribution is -2.56. The molecular formula is C18H16F6N4O2. The van der Waals surface area contributed by atoms with E-state index >= 15 is 0 Å². The van der Waals surface area contributed by atoms with Crippen molar-refractivity contribution in [3.63, 3.8) is 0 Å². The first kappa shape index (κ1) is 21.7. The summed E-state index contributed by atoms with van der Waals surface area (Å²) in [6.07, 6.45) is -3.68. The first-order valence-electron chi connectivity index (χ1n) is 8.54. The van der Waals surface area contributed by atoms with Gasteiger partial charge in [-0.3, -0.25) is 9.79 Å². The Morgan fingerprint density at radius 3 is 2.53 bits per heavy atom. The lowest BCUT2D eigenvalue weighted by atomic mass is 9.77. The van der Waals surface area contributed by atoms with Gasteiger partial charge < -0.3 is 15.5 Å². The summed E-state index contributed by atoms with van der Waals surface area (Å²) in [4.78, 5) is 19.0. The molecule has 2 aromatic rings. The van der Waals surface area contributed by atoms with Crippen molar-refractivity contribution >= 4 is 17.4 Å². The maximum absolute atomic E-state index is 14.8. The van der Waals surface area contributed by atoms with E-state index in [1.54, 1.807) is 0 Å². The van der Waals surface area contributed by atoms with Crippen LogP contribution < -0.4 is 11.1 Å². The number of halogens is 6. The van der Waals surface area contributed by atoms with Crippen molar-refractivity contribution in [1.82, 2.24) is 4.98 Å². The molecule has 0 saturated carbocycles. The van der Waals surface area contributed by atoms with E-state index in [1.165, 1.54) is 0 Å². The molecular weight excluding hydrogens is 418 g/mol. The average molecular weight is 434 g/mol. The Labute approximate surface area is 166 Å². The van der Waals surface area contributed by atoms with Crippen molar-refractivity contribution in [3.8, 4) is 0 Å². The Hall–Kier alpha value is -3.05. The number of aliphatic imine (C=N–C) groups is 1. The van der Waals surface area contributed by atoms with Crippen LogP contribution in [0.25, 0.3) is 0 Å². The third kappa shape index (κ3) is 3.61. The number of oxazole rings is 1. The molecule has 0 fully saturated rings. The monoisotopic (exact) mass is 434 g/mol. The molecule has 1 aromatic heterocycles. The van der Waals surface area contributed by atoms with E-state index in [4.69, 9.17) is 5.73 Å². The average Bonchev–Trinajstić information content (AvgIpc) is 3.11. The number of rotatable bonds is 4. The minimum Gasteiger partial charge on any atom is -0.443 e. The Morgan fingerprint density at radius 1 is 1.27 bits per heavy atom. The molecule has 2 heterocycles. The predicted octanol–water partition coefficient (Wildman–Crippen LogP) is 4.34. The van der Waals surface area contributed by atoms with Gasteiger partial charge in [-0.15, -0.1) is 0 Å². The Morgan fingerprint density at radius 2 is 1.93 bits per heavy atom. The molecule has 1 aliphatic heterocycles. The number of alkyl halides is 5. The van der Waals surface area contributed by atoms with E-state index in [0.717, 1.165) is 32.0 Å². The van der Waals surface area contributed by atoms with Crippen LogP contribution in [0.5, 0.6) is 0 Å². The number of benzene rings is 1. The third-order valence-electron chi connectivity index (χ3n) is 4.83. The van der Waals surface area contributed by atoms with Gasteiger partial charge in [0.05, 0.1) is 6.42 Å². The van der Waals surface area contributed by atoms with Crippen LogP contribution in [0.1, 0.15) is 48.6 Å². The van der Waals surface area contributed by atoms with Crippen molar-refractivity contribution in [2.45, 2.75) is 43.8 Å². The van der Waals surface area contributed by atoms with Crippen LogP contribution in [0.4, 0.5) is 32.0 Å². The lowest BCUT2D eigenvalue weighted by molar-refractivity contribution is -0.106. The van der Waals surface area contributed by atoms with Crippen molar-refractivity contribution in [2.75, 3.05) is 5.32 Å². The molecule has 0 aliphatic carbocycles. The molecule has 0 radical (unpaired) electrons. The third-order valence-corrected chi connectivity index (χ3v) is 4.83. The SMILES string of the molecule is CC1(F)CC(F)(F)C(C)(c2cc(NC(=O)c3coc(C(F)F)n3)ccc2F)N=C1N. The topological polar surface area (TPSA) is 93.5 Å². The fourth-order valence-corrected chi connectivity index (χ4v) is 3.04. The molecule has 1 aromatic carbocycles. The van der Waals surface area contributed by atoms with Gasteiger partial charge in [0.2, 0.25) is 0 Å². The van der Waals surface area contributed by atoms with Crippen molar-refractivity contribution in [3.05, 3.63) is 47.4 Å². The number of nitrogens with one attached hydrogen (secondary N) is 1. The summed E-state index contributed by atoms with van der Waals surface area (Å²) >= 11 is 0. The van der Waals surface area contributed by atoms with E-state index in [9.17, 15) is 31.1 Å². The van der Waals surface area contributed by atoms with Gasteiger partial charge in [0.1, 0.15) is 17.9 Å². The highest BCUT2D eigenvalue weighted by Crippen LogP contribution is 2.50. The standard InChI is InChI=1S/C18H16F6N4O2/c1-16(22)7-18(23,24)17(2,28-15(16)25)9-5-8(3-4-10(9)19)26-13(29)11-6-30-14(27-11)12(20)21/h3-6,12H,7H2,1-2H3,(H2,25,28)(H,26,29). The van der Waals surface area contributed by atoms with Crippen LogP contribution in [0.2, 0.25) is 0 Å². The predicted molar refractivity (Wildman–Crippen MR) is 93.9 cm³/mol. The molecule has 0 bridgehead atoms. The zero-order valence-corrected chi connectivity index (χ0v) is 15.6. The van der Waals surface area contributed by atoms with Gasteiger partial charge in [0.15, 0.2) is 16.9 Å². The van der Waals surface area contributed by atoms with Crippen LogP contribution in [-0.4, -0.2) is 28.3 Å². The zero-order chi connectivity index (χ0) is 22.5. The fourth-order valence-electron chi connectivity index (χ4n) is 3.04. The number of hydrogen-bond acceptors (Lipinski definition) is 5. The second-order valence-electron chi connectivity index (χ2n) is 7.17. The summed E-state index contributed by atoms with van der Waals surface area (Å²) in [5, 5.41) is 2.22. The summed E-state index contributed by atoms with van der Waals surface area (Å²) in [5.74, 6) is -7.60. The highest BCUT2D eigenvalue weighted by Gasteiger charge is 2.60. The first-order valence-corrected chi connectivity index (χ1v) is 8.54. The van der Waals surface area contributed by atoms with Crippen LogP contribution >= 0.6 is 0 Å². The number of carbonyl (C=O) groups excluding carboxylic acids is 1. The summed E-state index contributed by atoms with van der Waals surface area (Å²) in [5.41, 5.74) is -0.942. The molecule has 3 N–H and O–H groups in total. The van der Waals surface area contributed by atoms with E-state index < -0.39 is 64.7 Å². The highest BCUT2D eigenvalue weighted by molar-refractivity contribution is 6.02. The van der Waals surface area contributed by atoms with Gasteiger partial charge >= 0.3 is 6.43 Å². The van der Waals surface area contributed by atoms with E-state index in [-0.39, 0.29) is 5.69 Å². The van der Waals surface area contributed by atoms with Gasteiger partial charge in [0, 0.05) is 11.3 Å². The quantitative estimate of drug-likeness (QED) is 0.700. The second kappa shape index (κ2) is 7.03. The number of amidine groups is 1. The van der Waals surface area contributed by atoms with E-state index in [2.05, 4.69) is 19.7 Å². The second-order valence-corrected chi connectivity index (χ2v) is 7.17. The molecule has 1 amide bonds. The minimum atomic E-state index is -3.82. The van der Waals surface area contributed by atoms with Crippen LogP contribution in [-0.2, 0) is 5.54 Å². The minimum absolute atomic E-state index is 0.155. The molecule has 0 saturated heterocycles. The van der Waals surface area contributed by atoms with Gasteiger partial charge in [-0.05, 0) is 32.0 Å². The van der Waals surface area contributed by atoms with Gasteiger partial charge in [-0.2, -0.15) is 8.78 Å². The Kier molecular flexibility index (Phi) is 5.07. The highest BCUT2D eigenvalue weighted by atomic mass is 19.3. The summed E-state index contributed by atoms with van der Waals surface area (Å²) in [6.45, 7) is 1.74. The van der Waals surface area contributed by atoms with E-state index in [0.29, 0.717) is 6.26 Å². The molecule has 2 atom stereocenters. The molecule has 12 heteroatoms. The molecule has 2 unspecified atom stereocenters. The van der Waals surface area contributed by atoms with Crippen molar-refractivity contribution < 1.29 is 35.6 Å². The van der Waals surface area contributed by atoms with Crippen molar-refractivity contribution in [2.24, 2.45) is 10.7 Å². The number of carbonyl (C=O) groups is 1. The lowest BCUT2D eigenvalue weighted by Gasteiger charge is -2.42. The molecule has 6 nitrogen and oxygen atoms in total. The molecule has 1 aliphatic rings. The smallest absolute Gasteiger partial charge is 0.313 e. The summed E-state index contributed by atoms with van der Waals surface area (Å²) in [7, 11) is 0. The maximum Gasteiger partial charge on any atom is 0.313 e. The Balaban J connectivity index is 1.97. The molecule has 3 rings (SSSR count). The van der Waals surface area contributed by atoms with Crippen LogP contribution in [0, 0.1) is 5.82 Å². The Bertz CT molecular complexity index is 1020. The normalized spacial score (nSPS) is 25.8. The van der Waals surface area contributed by atoms with E-state index in [1.807, 2.05) is 0 Å². The number of amides is 1.